The zero-order chi connectivity index (χ0) is 19.8. The van der Waals surface area contributed by atoms with Crippen molar-refractivity contribution >= 4 is 18.0 Å². The lowest BCUT2D eigenvalue weighted by Gasteiger charge is -2.18. The van der Waals surface area contributed by atoms with E-state index in [1.54, 1.807) is 19.8 Å². The minimum Gasteiger partial charge on any atom is -0.465 e. The summed E-state index contributed by atoms with van der Waals surface area (Å²) in [6.07, 6.45) is -1.43. The number of hydrogen-bond donors (Lipinski definition) is 3. The van der Waals surface area contributed by atoms with Gasteiger partial charge in [0.2, 0.25) is 6.29 Å². The van der Waals surface area contributed by atoms with Crippen LogP contribution in [0, 0.1) is 5.92 Å². The normalized spacial score (nSPS) is 22.5. The molecule has 0 saturated carbocycles. The maximum Gasteiger partial charge on any atom is 0.409 e. The zero-order valence-corrected chi connectivity index (χ0v) is 15.3. The molecule has 0 bridgehead atoms. The lowest BCUT2D eigenvalue weighted by atomic mass is 10.0. The van der Waals surface area contributed by atoms with Gasteiger partial charge >= 0.3 is 12.1 Å². The van der Waals surface area contributed by atoms with Crippen LogP contribution >= 0.6 is 0 Å². The van der Waals surface area contributed by atoms with Crippen molar-refractivity contribution in [2.75, 3.05) is 0 Å². The molecule has 1 fully saturated rings. The van der Waals surface area contributed by atoms with Gasteiger partial charge in [-0.25, -0.2) is 9.59 Å². The Labute approximate surface area is 157 Å². The molecule has 0 aliphatic carbocycles. The monoisotopic (exact) mass is 376 g/mol. The van der Waals surface area contributed by atoms with Gasteiger partial charge in [-0.05, 0) is 18.4 Å². The third-order valence-corrected chi connectivity index (χ3v) is 4.27. The number of carbonyl (C=O) groups excluding carboxylic acids is 2. The zero-order valence-electron chi connectivity index (χ0n) is 15.3. The van der Waals surface area contributed by atoms with Crippen molar-refractivity contribution < 1.29 is 29.0 Å². The highest BCUT2D eigenvalue weighted by Crippen LogP contribution is 2.24. The predicted molar refractivity (Wildman–Crippen MR) is 96.3 cm³/mol. The molecule has 146 valence electrons. The fourth-order valence-electron chi connectivity index (χ4n) is 2.89. The smallest absolute Gasteiger partial charge is 0.409 e. The number of allylic oxidation sites excluding steroid dienone is 1. The van der Waals surface area contributed by atoms with E-state index in [4.69, 9.17) is 14.6 Å². The fourth-order valence-corrected chi connectivity index (χ4v) is 2.89. The second-order valence-electron chi connectivity index (χ2n) is 6.38. The lowest BCUT2D eigenvalue weighted by molar-refractivity contribution is -0.177. The van der Waals surface area contributed by atoms with Crippen LogP contribution in [0.4, 0.5) is 4.79 Å². The van der Waals surface area contributed by atoms with E-state index in [0.29, 0.717) is 12.8 Å². The molecular formula is C19H24N2O6. The first-order valence-electron chi connectivity index (χ1n) is 8.82. The number of carboxylic acid groups (broad SMARTS) is 1. The minimum absolute atomic E-state index is 0.0680. The SMILES string of the molecule is CCC(=O)OC1OC(CC(C)C(=C=O)NC(=O)O)NC1Cc1ccccc1. The molecule has 1 aliphatic heterocycles. The molecule has 1 amide bonds. The van der Waals surface area contributed by atoms with Gasteiger partial charge in [0, 0.05) is 12.3 Å². The number of nitrogens with one attached hydrogen (secondary N) is 2. The van der Waals surface area contributed by atoms with Gasteiger partial charge in [0.05, 0.1) is 6.04 Å². The largest absolute Gasteiger partial charge is 0.465 e. The van der Waals surface area contributed by atoms with Crippen molar-refractivity contribution in [1.29, 1.82) is 0 Å². The van der Waals surface area contributed by atoms with Crippen LogP contribution in [0.25, 0.3) is 0 Å². The van der Waals surface area contributed by atoms with Crippen molar-refractivity contribution in [2.45, 2.75) is 51.7 Å². The highest BCUT2D eigenvalue weighted by atomic mass is 16.7. The van der Waals surface area contributed by atoms with Crippen molar-refractivity contribution in [3.8, 4) is 0 Å². The molecule has 1 heterocycles. The van der Waals surface area contributed by atoms with Crippen LogP contribution in [0.1, 0.15) is 32.3 Å². The van der Waals surface area contributed by atoms with E-state index in [-0.39, 0.29) is 24.1 Å². The van der Waals surface area contributed by atoms with E-state index in [1.807, 2.05) is 35.6 Å². The number of rotatable bonds is 8. The van der Waals surface area contributed by atoms with E-state index in [0.717, 1.165) is 5.56 Å². The summed E-state index contributed by atoms with van der Waals surface area (Å²) in [5, 5.41) is 14.1. The molecule has 4 atom stereocenters. The lowest BCUT2D eigenvalue weighted by Crippen LogP contribution is -2.38. The molecule has 1 aliphatic rings. The van der Waals surface area contributed by atoms with E-state index >= 15 is 0 Å². The van der Waals surface area contributed by atoms with Gasteiger partial charge in [0.1, 0.15) is 17.9 Å². The summed E-state index contributed by atoms with van der Waals surface area (Å²) in [5.74, 6) is 0.815. The van der Waals surface area contributed by atoms with Gasteiger partial charge in [-0.15, -0.1) is 0 Å². The number of carbonyl (C=O) groups is 2. The van der Waals surface area contributed by atoms with Crippen molar-refractivity contribution in [2.24, 2.45) is 5.92 Å². The Morgan fingerprint density at radius 1 is 1.37 bits per heavy atom. The minimum atomic E-state index is -1.32. The molecule has 27 heavy (non-hydrogen) atoms. The van der Waals surface area contributed by atoms with Crippen LogP contribution < -0.4 is 10.6 Å². The first-order valence-corrected chi connectivity index (χ1v) is 8.82. The first-order chi connectivity index (χ1) is 12.9. The summed E-state index contributed by atoms with van der Waals surface area (Å²) in [4.78, 5) is 33.5. The Kier molecular flexibility index (Phi) is 7.55. The van der Waals surface area contributed by atoms with Crippen LogP contribution in [0.3, 0.4) is 0 Å². The van der Waals surface area contributed by atoms with Crippen molar-refractivity contribution in [3.63, 3.8) is 0 Å². The Balaban J connectivity index is 2.04. The van der Waals surface area contributed by atoms with Crippen molar-refractivity contribution in [3.05, 3.63) is 41.6 Å². The van der Waals surface area contributed by atoms with Crippen LogP contribution in [0.2, 0.25) is 0 Å². The highest BCUT2D eigenvalue weighted by molar-refractivity contribution is 5.71. The molecule has 1 saturated heterocycles. The number of amides is 1. The standard InChI is InChI=1S/C19H24N2O6/c1-3-17(23)27-18-14(10-13-7-5-4-6-8-13)20-16(26-18)9-12(2)15(11-22)21-19(24)25/h4-8,12,14,16,18,20-21H,3,9-10H2,1-2H3,(H,24,25). The second kappa shape index (κ2) is 9.87. The average Bonchev–Trinajstić information content (AvgIpc) is 3.00. The topological polar surface area (TPSA) is 114 Å². The molecular weight excluding hydrogens is 352 g/mol. The van der Waals surface area contributed by atoms with Gasteiger partial charge in [0.25, 0.3) is 0 Å². The Bertz CT molecular complexity index is 701. The Morgan fingerprint density at radius 3 is 2.67 bits per heavy atom. The van der Waals surface area contributed by atoms with E-state index in [1.165, 1.54) is 0 Å². The number of benzene rings is 1. The molecule has 2 rings (SSSR count). The molecule has 0 aromatic heterocycles. The van der Waals surface area contributed by atoms with Crippen LogP contribution in [0.5, 0.6) is 0 Å². The second-order valence-corrected chi connectivity index (χ2v) is 6.38. The molecule has 1 aromatic rings. The molecule has 8 heteroatoms. The summed E-state index contributed by atoms with van der Waals surface area (Å²) in [6.45, 7) is 3.40. The van der Waals surface area contributed by atoms with E-state index in [2.05, 4.69) is 5.32 Å². The molecule has 8 nitrogen and oxygen atoms in total. The molecule has 3 N–H and O–H groups in total. The summed E-state index contributed by atoms with van der Waals surface area (Å²) in [5.41, 5.74) is 0.993. The van der Waals surface area contributed by atoms with Gasteiger partial charge in [0.15, 0.2) is 0 Å². The van der Waals surface area contributed by atoms with Crippen LogP contribution in [-0.2, 0) is 25.5 Å². The van der Waals surface area contributed by atoms with Crippen LogP contribution in [0.15, 0.2) is 36.0 Å². The van der Waals surface area contributed by atoms with Gasteiger partial charge in [-0.2, -0.15) is 0 Å². The van der Waals surface area contributed by atoms with E-state index in [9.17, 15) is 14.4 Å². The maximum absolute atomic E-state index is 11.7. The number of ether oxygens (including phenoxy) is 2. The summed E-state index contributed by atoms with van der Waals surface area (Å²) >= 11 is 0. The third-order valence-electron chi connectivity index (χ3n) is 4.27. The average molecular weight is 376 g/mol. The number of esters is 1. The summed E-state index contributed by atoms with van der Waals surface area (Å²) in [6, 6.07) is 9.47. The third kappa shape index (κ3) is 6.21. The number of hydrogen-bond acceptors (Lipinski definition) is 6. The molecule has 0 radical (unpaired) electrons. The molecule has 4 unspecified atom stereocenters. The van der Waals surface area contributed by atoms with E-state index < -0.39 is 24.5 Å². The molecule has 0 spiro atoms. The van der Waals surface area contributed by atoms with Gasteiger partial charge in [-0.1, -0.05) is 44.2 Å². The molecule has 1 aromatic carbocycles. The first kappa shape index (κ1) is 20.6. The van der Waals surface area contributed by atoms with Gasteiger partial charge in [-0.3, -0.25) is 15.4 Å². The Morgan fingerprint density at radius 2 is 2.07 bits per heavy atom. The fraction of sp³-hybridized carbons (Fsp3) is 0.474. The quantitative estimate of drug-likeness (QED) is 0.468. The van der Waals surface area contributed by atoms with Gasteiger partial charge < -0.3 is 14.6 Å². The predicted octanol–water partition coefficient (Wildman–Crippen LogP) is 1.83. The Hall–Kier alpha value is -2.67. The van der Waals surface area contributed by atoms with Crippen LogP contribution in [-0.4, -0.2) is 41.7 Å². The summed E-state index contributed by atoms with van der Waals surface area (Å²) in [7, 11) is 0. The highest BCUT2D eigenvalue weighted by Gasteiger charge is 2.38. The maximum atomic E-state index is 11.7. The van der Waals surface area contributed by atoms with Crippen molar-refractivity contribution in [1.82, 2.24) is 10.6 Å². The summed E-state index contributed by atoms with van der Waals surface area (Å²) < 4.78 is 11.2.